The van der Waals surface area contributed by atoms with E-state index in [0.717, 1.165) is 19.4 Å². The molecule has 1 aliphatic carbocycles. The van der Waals surface area contributed by atoms with Crippen molar-refractivity contribution in [3.05, 3.63) is 18.3 Å². The first-order valence-electron chi connectivity index (χ1n) is 6.04. The topological polar surface area (TPSA) is 68.3 Å². The first-order valence-corrected chi connectivity index (χ1v) is 7.93. The van der Waals surface area contributed by atoms with Gasteiger partial charge in [0.2, 0.25) is 0 Å². The van der Waals surface area contributed by atoms with Gasteiger partial charge in [-0.1, -0.05) is 0 Å². The van der Waals surface area contributed by atoms with E-state index < -0.39 is 9.84 Å². The molecule has 6 heteroatoms. The van der Waals surface area contributed by atoms with Crippen LogP contribution in [0, 0.1) is 0 Å². The van der Waals surface area contributed by atoms with Crippen molar-refractivity contribution in [1.29, 1.82) is 0 Å². The fraction of sp³-hybridized carbons (Fsp3) is 0.583. The van der Waals surface area contributed by atoms with Crippen LogP contribution in [-0.2, 0) is 14.6 Å². The Morgan fingerprint density at radius 1 is 1.50 bits per heavy atom. The lowest BCUT2D eigenvalue weighted by atomic mass is 9.89. The normalized spacial score (nSPS) is 23.4. The molecule has 1 N–H and O–H groups in total. The van der Waals surface area contributed by atoms with Crippen LogP contribution in [0.5, 0.6) is 0 Å². The molecule has 0 saturated heterocycles. The monoisotopic (exact) mass is 270 g/mol. The lowest BCUT2D eigenvalue weighted by Crippen LogP contribution is -2.41. The highest BCUT2D eigenvalue weighted by Crippen LogP contribution is 2.28. The summed E-state index contributed by atoms with van der Waals surface area (Å²) in [6.45, 7) is 2.69. The summed E-state index contributed by atoms with van der Waals surface area (Å²) in [5.41, 5.74) is 0. The zero-order valence-corrected chi connectivity index (χ0v) is 11.4. The Kier molecular flexibility index (Phi) is 3.87. The van der Waals surface area contributed by atoms with E-state index in [1.54, 1.807) is 18.3 Å². The molecule has 0 spiro atoms. The van der Waals surface area contributed by atoms with Crippen LogP contribution in [0.4, 0.5) is 5.82 Å². The van der Waals surface area contributed by atoms with Crippen LogP contribution < -0.4 is 5.32 Å². The molecular formula is C12H18N2O3S. The molecule has 0 radical (unpaired) electrons. The van der Waals surface area contributed by atoms with Gasteiger partial charge in [0.25, 0.3) is 0 Å². The lowest BCUT2D eigenvalue weighted by Gasteiger charge is -2.35. The maximum atomic E-state index is 11.6. The highest BCUT2D eigenvalue weighted by molar-refractivity contribution is 7.90. The van der Waals surface area contributed by atoms with Crippen molar-refractivity contribution in [2.24, 2.45) is 0 Å². The molecule has 5 nitrogen and oxygen atoms in total. The van der Waals surface area contributed by atoms with E-state index in [2.05, 4.69) is 10.3 Å². The van der Waals surface area contributed by atoms with Crippen LogP contribution in [0.1, 0.15) is 19.8 Å². The smallest absolute Gasteiger partial charge is 0.179 e. The summed E-state index contributed by atoms with van der Waals surface area (Å²) >= 11 is 0. The second-order valence-corrected chi connectivity index (χ2v) is 6.50. The van der Waals surface area contributed by atoms with E-state index in [1.165, 1.54) is 6.26 Å². The average molecular weight is 270 g/mol. The minimum absolute atomic E-state index is 0.247. The maximum Gasteiger partial charge on any atom is 0.179 e. The average Bonchev–Trinajstić information content (AvgIpc) is 2.25. The van der Waals surface area contributed by atoms with Crippen molar-refractivity contribution in [3.8, 4) is 0 Å². The largest absolute Gasteiger partial charge is 0.378 e. The van der Waals surface area contributed by atoms with Gasteiger partial charge in [-0.15, -0.1) is 0 Å². The summed E-state index contributed by atoms with van der Waals surface area (Å²) in [5, 5.41) is 3.17. The number of pyridine rings is 1. The molecule has 1 fully saturated rings. The van der Waals surface area contributed by atoms with Gasteiger partial charge in [-0.25, -0.2) is 13.4 Å². The van der Waals surface area contributed by atoms with Crippen molar-refractivity contribution < 1.29 is 13.2 Å². The Balaban J connectivity index is 2.03. The third-order valence-electron chi connectivity index (χ3n) is 3.01. The number of rotatable bonds is 5. The second kappa shape index (κ2) is 5.24. The number of hydrogen-bond donors (Lipinski definition) is 1. The summed E-state index contributed by atoms with van der Waals surface area (Å²) < 4.78 is 28.7. The van der Waals surface area contributed by atoms with Gasteiger partial charge >= 0.3 is 0 Å². The first kappa shape index (κ1) is 13.3. The van der Waals surface area contributed by atoms with E-state index in [4.69, 9.17) is 4.74 Å². The number of ether oxygens (including phenoxy) is 1. The molecule has 100 valence electrons. The predicted octanol–water partition coefficient (Wildman–Crippen LogP) is 1.46. The number of nitrogens with one attached hydrogen (secondary N) is 1. The molecule has 0 aromatic carbocycles. The summed E-state index contributed by atoms with van der Waals surface area (Å²) in [6, 6.07) is 3.45. The van der Waals surface area contributed by atoms with E-state index >= 15 is 0 Å². The number of nitrogens with zero attached hydrogens (tertiary/aromatic N) is 1. The first-order chi connectivity index (χ1) is 8.50. The number of hydrogen-bond acceptors (Lipinski definition) is 5. The number of sulfone groups is 1. The van der Waals surface area contributed by atoms with E-state index in [0.29, 0.717) is 5.82 Å². The summed E-state index contributed by atoms with van der Waals surface area (Å²) in [6.07, 6.45) is 4.87. The SMILES string of the molecule is CCOC1CC(Nc2ncccc2S(C)(=O)=O)C1. The number of anilines is 1. The Hall–Kier alpha value is -1.14. The van der Waals surface area contributed by atoms with Gasteiger partial charge < -0.3 is 10.1 Å². The summed E-state index contributed by atoms with van der Waals surface area (Å²) in [4.78, 5) is 4.36. The van der Waals surface area contributed by atoms with Crippen LogP contribution in [0.25, 0.3) is 0 Å². The molecule has 1 aliphatic rings. The molecule has 0 bridgehead atoms. The quantitative estimate of drug-likeness (QED) is 0.877. The van der Waals surface area contributed by atoms with Gasteiger partial charge in [0, 0.05) is 25.1 Å². The predicted molar refractivity (Wildman–Crippen MR) is 69.4 cm³/mol. The fourth-order valence-corrected chi connectivity index (χ4v) is 2.84. The van der Waals surface area contributed by atoms with Gasteiger partial charge in [0.05, 0.1) is 6.10 Å². The van der Waals surface area contributed by atoms with Crippen LogP contribution in [0.2, 0.25) is 0 Å². The Bertz CT molecular complexity index is 510. The van der Waals surface area contributed by atoms with Gasteiger partial charge in [-0.2, -0.15) is 0 Å². The van der Waals surface area contributed by atoms with E-state index in [9.17, 15) is 8.42 Å². The molecule has 0 amide bonds. The lowest BCUT2D eigenvalue weighted by molar-refractivity contribution is 0.00288. The zero-order valence-electron chi connectivity index (χ0n) is 10.6. The van der Waals surface area contributed by atoms with Crippen LogP contribution in [-0.4, -0.2) is 38.4 Å². The molecular weight excluding hydrogens is 252 g/mol. The highest BCUT2D eigenvalue weighted by atomic mass is 32.2. The highest BCUT2D eigenvalue weighted by Gasteiger charge is 2.30. The minimum atomic E-state index is -3.24. The van der Waals surface area contributed by atoms with Crippen molar-refractivity contribution in [3.63, 3.8) is 0 Å². The van der Waals surface area contributed by atoms with Crippen LogP contribution in [0.15, 0.2) is 23.2 Å². The molecule has 0 aliphatic heterocycles. The molecule has 0 atom stereocenters. The van der Waals surface area contributed by atoms with Gasteiger partial charge in [-0.3, -0.25) is 0 Å². The van der Waals surface area contributed by atoms with Gasteiger partial charge in [0.15, 0.2) is 9.84 Å². The van der Waals surface area contributed by atoms with Gasteiger partial charge in [-0.05, 0) is 31.9 Å². The molecule has 1 heterocycles. The second-order valence-electron chi connectivity index (χ2n) is 4.51. The summed E-state index contributed by atoms with van der Waals surface area (Å²) in [5.74, 6) is 0.444. The van der Waals surface area contributed by atoms with Crippen molar-refractivity contribution >= 4 is 15.7 Å². The third kappa shape index (κ3) is 3.00. The van der Waals surface area contributed by atoms with Crippen molar-refractivity contribution in [2.75, 3.05) is 18.2 Å². The van der Waals surface area contributed by atoms with Crippen LogP contribution in [0.3, 0.4) is 0 Å². The van der Waals surface area contributed by atoms with Gasteiger partial charge in [0.1, 0.15) is 10.7 Å². The van der Waals surface area contributed by atoms with Crippen LogP contribution >= 0.6 is 0 Å². The summed E-state index contributed by atoms with van der Waals surface area (Å²) in [7, 11) is -3.24. The molecule has 0 unspecified atom stereocenters. The molecule has 1 aromatic rings. The molecule has 18 heavy (non-hydrogen) atoms. The minimum Gasteiger partial charge on any atom is -0.378 e. The Morgan fingerprint density at radius 2 is 2.22 bits per heavy atom. The zero-order chi connectivity index (χ0) is 13.2. The van der Waals surface area contributed by atoms with E-state index in [1.807, 2.05) is 6.92 Å². The van der Waals surface area contributed by atoms with Crippen molar-refractivity contribution in [1.82, 2.24) is 4.98 Å². The Labute approximate surface area is 107 Å². The molecule has 1 aromatic heterocycles. The molecule has 1 saturated carbocycles. The van der Waals surface area contributed by atoms with Crippen molar-refractivity contribution in [2.45, 2.75) is 36.8 Å². The Morgan fingerprint density at radius 3 is 2.83 bits per heavy atom. The number of aromatic nitrogens is 1. The standard InChI is InChI=1S/C12H18N2O3S/c1-3-17-10-7-9(8-10)14-12-11(18(2,15)16)5-4-6-13-12/h4-6,9-10H,3,7-8H2,1-2H3,(H,13,14). The van der Waals surface area contributed by atoms with E-state index in [-0.39, 0.29) is 17.0 Å². The maximum absolute atomic E-state index is 11.6. The molecule has 2 rings (SSSR count). The fourth-order valence-electron chi connectivity index (χ4n) is 2.05. The third-order valence-corrected chi connectivity index (χ3v) is 4.14.